The first-order valence-electron chi connectivity index (χ1n) is 3.57. The van der Waals surface area contributed by atoms with E-state index in [9.17, 15) is 13.6 Å². The standard InChI is InChI=1S/C7H13F2NO/c1-5(2)3-7(11)10-4-6(8)9/h5-6H,3-4H2,1-2H3,(H,10,11). The van der Waals surface area contributed by atoms with Crippen molar-refractivity contribution in [3.8, 4) is 0 Å². The monoisotopic (exact) mass is 165 g/mol. The summed E-state index contributed by atoms with van der Waals surface area (Å²) in [4.78, 5) is 10.7. The van der Waals surface area contributed by atoms with Gasteiger partial charge in [0.25, 0.3) is 6.43 Å². The van der Waals surface area contributed by atoms with E-state index >= 15 is 0 Å². The van der Waals surface area contributed by atoms with Crippen molar-refractivity contribution in [2.45, 2.75) is 26.7 Å². The van der Waals surface area contributed by atoms with Crippen molar-refractivity contribution in [1.29, 1.82) is 0 Å². The molecule has 0 saturated carbocycles. The summed E-state index contributed by atoms with van der Waals surface area (Å²) in [5.74, 6) is -0.0898. The fraction of sp³-hybridized carbons (Fsp3) is 0.857. The molecule has 4 heteroatoms. The van der Waals surface area contributed by atoms with Crippen molar-refractivity contribution in [2.75, 3.05) is 6.54 Å². The van der Waals surface area contributed by atoms with E-state index in [1.54, 1.807) is 0 Å². The van der Waals surface area contributed by atoms with E-state index in [0.29, 0.717) is 6.42 Å². The molecular weight excluding hydrogens is 152 g/mol. The highest BCUT2D eigenvalue weighted by Gasteiger charge is 2.07. The van der Waals surface area contributed by atoms with Crippen LogP contribution in [0.2, 0.25) is 0 Å². The molecule has 1 N–H and O–H groups in total. The predicted molar refractivity (Wildman–Crippen MR) is 38.5 cm³/mol. The summed E-state index contributed by atoms with van der Waals surface area (Å²) in [6, 6.07) is 0. The Labute approximate surface area is 65.0 Å². The summed E-state index contributed by atoms with van der Waals surface area (Å²) >= 11 is 0. The Bertz CT molecular complexity index is 126. The summed E-state index contributed by atoms with van der Waals surface area (Å²) in [5.41, 5.74) is 0. The fourth-order valence-corrected chi connectivity index (χ4v) is 0.634. The zero-order chi connectivity index (χ0) is 8.85. The summed E-state index contributed by atoms with van der Waals surface area (Å²) in [6.45, 7) is 3.19. The Morgan fingerprint density at radius 2 is 2.00 bits per heavy atom. The number of halogens is 2. The molecule has 0 aliphatic carbocycles. The van der Waals surface area contributed by atoms with Gasteiger partial charge in [0, 0.05) is 6.42 Å². The van der Waals surface area contributed by atoms with Crippen molar-refractivity contribution >= 4 is 5.91 Å². The van der Waals surface area contributed by atoms with Crippen LogP contribution in [0.5, 0.6) is 0 Å². The zero-order valence-electron chi connectivity index (χ0n) is 6.73. The Morgan fingerprint density at radius 1 is 1.45 bits per heavy atom. The normalized spacial score (nSPS) is 10.7. The van der Waals surface area contributed by atoms with Crippen LogP contribution < -0.4 is 5.32 Å². The van der Waals surface area contributed by atoms with Crippen LogP contribution in [0.1, 0.15) is 20.3 Å². The average molecular weight is 165 g/mol. The van der Waals surface area contributed by atoms with Gasteiger partial charge in [0.15, 0.2) is 0 Å². The van der Waals surface area contributed by atoms with Crippen LogP contribution >= 0.6 is 0 Å². The smallest absolute Gasteiger partial charge is 0.255 e. The Kier molecular flexibility index (Phi) is 4.74. The SMILES string of the molecule is CC(C)CC(=O)NCC(F)F. The lowest BCUT2D eigenvalue weighted by molar-refractivity contribution is -0.122. The van der Waals surface area contributed by atoms with E-state index in [0.717, 1.165) is 0 Å². The van der Waals surface area contributed by atoms with Gasteiger partial charge in [-0.25, -0.2) is 8.78 Å². The second-order valence-corrected chi connectivity index (χ2v) is 2.79. The summed E-state index contributed by atoms with van der Waals surface area (Å²) < 4.78 is 23.0. The highest BCUT2D eigenvalue weighted by molar-refractivity contribution is 5.76. The lowest BCUT2D eigenvalue weighted by atomic mass is 10.1. The Morgan fingerprint density at radius 3 is 2.36 bits per heavy atom. The maximum absolute atomic E-state index is 11.5. The predicted octanol–water partition coefficient (Wildman–Crippen LogP) is 1.41. The number of amides is 1. The van der Waals surface area contributed by atoms with E-state index in [2.05, 4.69) is 5.32 Å². The maximum atomic E-state index is 11.5. The first-order valence-corrected chi connectivity index (χ1v) is 3.57. The minimum absolute atomic E-state index is 0.215. The van der Waals surface area contributed by atoms with Crippen molar-refractivity contribution < 1.29 is 13.6 Å². The van der Waals surface area contributed by atoms with Crippen LogP contribution in [0.4, 0.5) is 8.78 Å². The lowest BCUT2D eigenvalue weighted by Crippen LogP contribution is -2.29. The van der Waals surface area contributed by atoms with Gasteiger partial charge < -0.3 is 5.32 Å². The van der Waals surface area contributed by atoms with Crippen molar-refractivity contribution in [3.63, 3.8) is 0 Å². The minimum Gasteiger partial charge on any atom is -0.350 e. The van der Waals surface area contributed by atoms with Gasteiger partial charge in [0.1, 0.15) is 0 Å². The van der Waals surface area contributed by atoms with Crippen molar-refractivity contribution in [3.05, 3.63) is 0 Å². The Hall–Kier alpha value is -0.670. The van der Waals surface area contributed by atoms with E-state index in [1.165, 1.54) is 0 Å². The fourth-order valence-electron chi connectivity index (χ4n) is 0.634. The molecule has 0 aromatic heterocycles. The second kappa shape index (κ2) is 5.04. The first kappa shape index (κ1) is 10.3. The van der Waals surface area contributed by atoms with Gasteiger partial charge >= 0.3 is 0 Å². The average Bonchev–Trinajstić information content (AvgIpc) is 1.82. The molecule has 0 spiro atoms. The molecule has 0 fully saturated rings. The van der Waals surface area contributed by atoms with E-state index in [4.69, 9.17) is 0 Å². The van der Waals surface area contributed by atoms with E-state index in [-0.39, 0.29) is 11.8 Å². The van der Waals surface area contributed by atoms with Crippen LogP contribution in [0, 0.1) is 5.92 Å². The number of hydrogen-bond donors (Lipinski definition) is 1. The van der Waals surface area contributed by atoms with Crippen molar-refractivity contribution in [2.24, 2.45) is 5.92 Å². The molecule has 0 radical (unpaired) electrons. The third-order valence-corrected chi connectivity index (χ3v) is 1.05. The molecular formula is C7H13F2NO. The molecule has 0 atom stereocenters. The van der Waals surface area contributed by atoms with Gasteiger partial charge in [0.2, 0.25) is 5.91 Å². The van der Waals surface area contributed by atoms with Gasteiger partial charge in [0.05, 0.1) is 6.54 Å². The molecule has 0 aromatic rings. The van der Waals surface area contributed by atoms with E-state index in [1.807, 2.05) is 13.8 Å². The van der Waals surface area contributed by atoms with Gasteiger partial charge in [-0.15, -0.1) is 0 Å². The number of carbonyl (C=O) groups is 1. The molecule has 66 valence electrons. The maximum Gasteiger partial charge on any atom is 0.255 e. The zero-order valence-corrected chi connectivity index (χ0v) is 6.73. The Balaban J connectivity index is 3.38. The van der Waals surface area contributed by atoms with Gasteiger partial charge in [-0.05, 0) is 5.92 Å². The summed E-state index contributed by atoms with van der Waals surface area (Å²) in [7, 11) is 0. The molecule has 1 amide bonds. The molecule has 11 heavy (non-hydrogen) atoms. The molecule has 0 heterocycles. The van der Waals surface area contributed by atoms with Crippen LogP contribution in [-0.4, -0.2) is 18.9 Å². The molecule has 0 unspecified atom stereocenters. The number of alkyl halides is 2. The van der Waals surface area contributed by atoms with Gasteiger partial charge in [-0.2, -0.15) is 0 Å². The van der Waals surface area contributed by atoms with Crippen LogP contribution in [-0.2, 0) is 4.79 Å². The number of carbonyl (C=O) groups excluding carboxylic acids is 1. The first-order chi connectivity index (χ1) is 5.02. The topological polar surface area (TPSA) is 29.1 Å². The highest BCUT2D eigenvalue weighted by atomic mass is 19.3. The molecule has 0 aliphatic heterocycles. The second-order valence-electron chi connectivity index (χ2n) is 2.79. The molecule has 0 saturated heterocycles. The quantitative estimate of drug-likeness (QED) is 0.670. The number of rotatable bonds is 4. The number of hydrogen-bond acceptors (Lipinski definition) is 1. The largest absolute Gasteiger partial charge is 0.350 e. The van der Waals surface area contributed by atoms with Crippen molar-refractivity contribution in [1.82, 2.24) is 5.32 Å². The molecule has 0 aromatic carbocycles. The molecule has 0 rings (SSSR count). The summed E-state index contributed by atoms with van der Waals surface area (Å²) in [6.07, 6.45) is -2.14. The lowest BCUT2D eigenvalue weighted by Gasteiger charge is -2.05. The van der Waals surface area contributed by atoms with Gasteiger partial charge in [-0.3, -0.25) is 4.79 Å². The summed E-state index contributed by atoms with van der Waals surface area (Å²) in [5, 5.41) is 2.12. The van der Waals surface area contributed by atoms with Crippen LogP contribution in [0.25, 0.3) is 0 Å². The van der Waals surface area contributed by atoms with Crippen LogP contribution in [0.3, 0.4) is 0 Å². The third-order valence-electron chi connectivity index (χ3n) is 1.05. The minimum atomic E-state index is -2.45. The van der Waals surface area contributed by atoms with E-state index < -0.39 is 13.0 Å². The molecule has 0 aliphatic rings. The number of nitrogens with one attached hydrogen (secondary N) is 1. The molecule has 2 nitrogen and oxygen atoms in total. The highest BCUT2D eigenvalue weighted by Crippen LogP contribution is 1.98. The van der Waals surface area contributed by atoms with Gasteiger partial charge in [-0.1, -0.05) is 13.8 Å². The third kappa shape index (κ3) is 7.22. The molecule has 0 bridgehead atoms. The van der Waals surface area contributed by atoms with Crippen LogP contribution in [0.15, 0.2) is 0 Å².